The monoisotopic (exact) mass is 359 g/mol. The van der Waals surface area contributed by atoms with Gasteiger partial charge in [-0.15, -0.1) is 0 Å². The van der Waals surface area contributed by atoms with Crippen LogP contribution in [0.15, 0.2) is 22.7 Å². The number of carboxylic acids is 1. The van der Waals surface area contributed by atoms with Crippen LogP contribution in [-0.2, 0) is 4.79 Å². The predicted octanol–water partition coefficient (Wildman–Crippen LogP) is 3.60. The molecule has 0 saturated heterocycles. The van der Waals surface area contributed by atoms with Crippen molar-refractivity contribution < 1.29 is 19.1 Å². The number of halogens is 2. The average Bonchev–Trinajstić information content (AvgIpc) is 2.28. The van der Waals surface area contributed by atoms with E-state index in [1.165, 1.54) is 12.1 Å². The third-order valence-electron chi connectivity index (χ3n) is 2.79. The fraction of sp³-hybridized carbons (Fsp3) is 0.467. The molecule has 0 heterocycles. The number of aliphatic carboxylic acids is 1. The molecule has 0 aliphatic carbocycles. The summed E-state index contributed by atoms with van der Waals surface area (Å²) < 4.78 is 13.7. The summed E-state index contributed by atoms with van der Waals surface area (Å²) in [6.45, 7) is 5.89. The van der Waals surface area contributed by atoms with Gasteiger partial charge < -0.3 is 10.4 Å². The largest absolute Gasteiger partial charge is 0.481 e. The molecule has 0 radical (unpaired) electrons. The molecule has 0 aliphatic heterocycles. The van der Waals surface area contributed by atoms with Gasteiger partial charge in [-0.1, -0.05) is 20.8 Å². The van der Waals surface area contributed by atoms with Gasteiger partial charge in [0.2, 0.25) is 0 Å². The summed E-state index contributed by atoms with van der Waals surface area (Å²) >= 11 is 3.19. The van der Waals surface area contributed by atoms with Crippen molar-refractivity contribution >= 4 is 27.8 Å². The van der Waals surface area contributed by atoms with Crippen molar-refractivity contribution in [2.24, 2.45) is 5.41 Å². The van der Waals surface area contributed by atoms with E-state index in [1.807, 2.05) is 20.8 Å². The van der Waals surface area contributed by atoms with Crippen LogP contribution in [-0.4, -0.2) is 23.0 Å². The maximum Gasteiger partial charge on any atom is 0.305 e. The van der Waals surface area contributed by atoms with Crippen LogP contribution in [0.5, 0.6) is 0 Å². The van der Waals surface area contributed by atoms with Crippen LogP contribution in [0.2, 0.25) is 0 Å². The van der Waals surface area contributed by atoms with Gasteiger partial charge in [0.15, 0.2) is 0 Å². The number of carboxylic acid groups (broad SMARTS) is 1. The molecule has 1 atom stereocenters. The van der Waals surface area contributed by atoms with Crippen LogP contribution in [0.3, 0.4) is 0 Å². The number of carbonyl (C=O) groups is 2. The lowest BCUT2D eigenvalue weighted by Gasteiger charge is -2.26. The molecule has 0 spiro atoms. The van der Waals surface area contributed by atoms with Crippen LogP contribution in [0, 0.1) is 11.2 Å². The second kappa shape index (κ2) is 7.02. The summed E-state index contributed by atoms with van der Waals surface area (Å²) in [7, 11) is 0. The molecule has 6 heteroatoms. The predicted molar refractivity (Wildman–Crippen MR) is 81.7 cm³/mol. The molecule has 1 unspecified atom stereocenters. The highest BCUT2D eigenvalue weighted by Crippen LogP contribution is 2.23. The van der Waals surface area contributed by atoms with E-state index >= 15 is 0 Å². The van der Waals surface area contributed by atoms with Crippen LogP contribution < -0.4 is 5.32 Å². The third kappa shape index (κ3) is 6.25. The van der Waals surface area contributed by atoms with Gasteiger partial charge in [-0.25, -0.2) is 4.39 Å². The maximum atomic E-state index is 13.2. The molecule has 0 aliphatic rings. The molecule has 116 valence electrons. The van der Waals surface area contributed by atoms with Gasteiger partial charge in [0.05, 0.1) is 12.0 Å². The van der Waals surface area contributed by atoms with Gasteiger partial charge in [-0.3, -0.25) is 9.59 Å². The summed E-state index contributed by atoms with van der Waals surface area (Å²) in [5, 5.41) is 11.6. The Morgan fingerprint density at radius 3 is 2.52 bits per heavy atom. The van der Waals surface area contributed by atoms with Crippen LogP contribution in [0.4, 0.5) is 4.39 Å². The fourth-order valence-electron chi connectivity index (χ4n) is 2.06. The SMILES string of the molecule is CC(C)(C)CC(CC(=O)O)NC(=O)c1cc(F)ccc1Br. The molecule has 1 rings (SSSR count). The van der Waals surface area contributed by atoms with E-state index in [2.05, 4.69) is 21.2 Å². The summed E-state index contributed by atoms with van der Waals surface area (Å²) in [6.07, 6.45) is 0.341. The van der Waals surface area contributed by atoms with Crippen molar-refractivity contribution in [1.29, 1.82) is 0 Å². The molecule has 0 fully saturated rings. The molecule has 1 aromatic carbocycles. The van der Waals surface area contributed by atoms with E-state index in [-0.39, 0.29) is 17.4 Å². The highest BCUT2D eigenvalue weighted by molar-refractivity contribution is 9.10. The number of hydrogen-bond acceptors (Lipinski definition) is 2. The highest BCUT2D eigenvalue weighted by Gasteiger charge is 2.24. The minimum absolute atomic E-state index is 0.132. The fourth-order valence-corrected chi connectivity index (χ4v) is 2.49. The third-order valence-corrected chi connectivity index (χ3v) is 3.48. The molecular formula is C15H19BrFNO3. The first-order valence-corrected chi connectivity index (χ1v) is 7.35. The maximum absolute atomic E-state index is 13.2. The molecule has 2 N–H and O–H groups in total. The first-order chi connectivity index (χ1) is 9.58. The Morgan fingerprint density at radius 1 is 1.38 bits per heavy atom. The molecule has 0 aromatic heterocycles. The number of amides is 1. The van der Waals surface area contributed by atoms with Crippen molar-refractivity contribution in [2.75, 3.05) is 0 Å². The first kappa shape index (κ1) is 17.6. The summed E-state index contributed by atoms with van der Waals surface area (Å²) in [5.41, 5.74) is 0.0198. The smallest absolute Gasteiger partial charge is 0.305 e. The zero-order valence-corrected chi connectivity index (χ0v) is 13.8. The molecule has 1 amide bonds. The molecule has 1 aromatic rings. The Balaban J connectivity index is 2.89. The Labute approximate surface area is 131 Å². The normalized spacial score (nSPS) is 12.8. The van der Waals surface area contributed by atoms with Gasteiger partial charge in [0.1, 0.15) is 5.82 Å². The van der Waals surface area contributed by atoms with Gasteiger partial charge >= 0.3 is 5.97 Å². The average molecular weight is 360 g/mol. The van der Waals surface area contributed by atoms with Crippen molar-refractivity contribution in [3.8, 4) is 0 Å². The molecule has 4 nitrogen and oxygen atoms in total. The summed E-state index contributed by atoms with van der Waals surface area (Å²) in [6, 6.07) is 3.30. The topological polar surface area (TPSA) is 66.4 Å². The van der Waals surface area contributed by atoms with Crippen molar-refractivity contribution in [2.45, 2.75) is 39.7 Å². The van der Waals surface area contributed by atoms with Gasteiger partial charge in [-0.05, 0) is 46.0 Å². The van der Waals surface area contributed by atoms with Gasteiger partial charge in [0.25, 0.3) is 5.91 Å². The van der Waals surface area contributed by atoms with E-state index in [1.54, 1.807) is 0 Å². The van der Waals surface area contributed by atoms with Gasteiger partial charge in [-0.2, -0.15) is 0 Å². The van der Waals surface area contributed by atoms with Crippen LogP contribution in [0.1, 0.15) is 44.0 Å². The minimum atomic E-state index is -0.983. The van der Waals surface area contributed by atoms with Crippen molar-refractivity contribution in [1.82, 2.24) is 5.32 Å². The number of rotatable bonds is 5. The second-order valence-electron chi connectivity index (χ2n) is 6.16. The number of carbonyl (C=O) groups excluding carboxylic acids is 1. The van der Waals surface area contributed by atoms with Crippen LogP contribution >= 0.6 is 15.9 Å². The zero-order chi connectivity index (χ0) is 16.2. The zero-order valence-electron chi connectivity index (χ0n) is 12.2. The highest BCUT2D eigenvalue weighted by atomic mass is 79.9. The lowest BCUT2D eigenvalue weighted by atomic mass is 9.87. The molecule has 21 heavy (non-hydrogen) atoms. The number of nitrogens with one attached hydrogen (secondary N) is 1. The quantitative estimate of drug-likeness (QED) is 0.843. The lowest BCUT2D eigenvalue weighted by molar-refractivity contribution is -0.137. The molecule has 0 bridgehead atoms. The standard InChI is InChI=1S/C15H19BrFNO3/c1-15(2,3)8-10(7-13(19)20)18-14(21)11-6-9(17)4-5-12(11)16/h4-6,10H,7-8H2,1-3H3,(H,18,21)(H,19,20). The van der Waals surface area contributed by atoms with E-state index in [0.29, 0.717) is 10.9 Å². The van der Waals surface area contributed by atoms with E-state index < -0.39 is 23.7 Å². The second-order valence-corrected chi connectivity index (χ2v) is 7.01. The van der Waals surface area contributed by atoms with E-state index in [9.17, 15) is 14.0 Å². The number of hydrogen-bond donors (Lipinski definition) is 2. The summed E-state index contributed by atoms with van der Waals surface area (Å²) in [5.74, 6) is -1.99. The van der Waals surface area contributed by atoms with Crippen molar-refractivity contribution in [3.05, 3.63) is 34.1 Å². The lowest BCUT2D eigenvalue weighted by Crippen LogP contribution is -2.39. The van der Waals surface area contributed by atoms with E-state index in [0.717, 1.165) is 6.07 Å². The van der Waals surface area contributed by atoms with Crippen molar-refractivity contribution in [3.63, 3.8) is 0 Å². The molecule has 0 saturated carbocycles. The summed E-state index contributed by atoms with van der Waals surface area (Å²) in [4.78, 5) is 23.1. The minimum Gasteiger partial charge on any atom is -0.481 e. The Kier molecular flexibility index (Phi) is 5.89. The Hall–Kier alpha value is -1.43. The Morgan fingerprint density at radius 2 is 2.00 bits per heavy atom. The van der Waals surface area contributed by atoms with E-state index in [4.69, 9.17) is 5.11 Å². The number of benzene rings is 1. The molecular weight excluding hydrogens is 341 g/mol. The Bertz CT molecular complexity index is 540. The van der Waals surface area contributed by atoms with Crippen LogP contribution in [0.25, 0.3) is 0 Å². The van der Waals surface area contributed by atoms with Gasteiger partial charge in [0, 0.05) is 10.5 Å². The first-order valence-electron chi connectivity index (χ1n) is 6.56.